The Hall–Kier alpha value is -5.72. The molecule has 0 amide bonds. The molecule has 0 bridgehead atoms. The molecule has 6 aromatic rings. The summed E-state index contributed by atoms with van der Waals surface area (Å²) < 4.78 is 12.4. The third-order valence-electron chi connectivity index (χ3n) is 8.68. The molecule has 276 valence electrons. The molecule has 4 N–H and O–H groups in total. The van der Waals surface area contributed by atoms with Gasteiger partial charge in [-0.1, -0.05) is 59.7 Å². The minimum absolute atomic E-state index is 0.793. The van der Waals surface area contributed by atoms with Gasteiger partial charge < -0.3 is 30.7 Å². The number of anilines is 2. The van der Waals surface area contributed by atoms with Gasteiger partial charge in [-0.15, -0.1) is 22.7 Å². The molecule has 2 aromatic heterocycles. The topological polar surface area (TPSA) is 117 Å². The number of thiazole rings is 2. The number of aromatic nitrogens is 2. The summed E-state index contributed by atoms with van der Waals surface area (Å²) in [6, 6.07) is 28.4. The summed E-state index contributed by atoms with van der Waals surface area (Å²) in [6.07, 6.45) is 2.13. The van der Waals surface area contributed by atoms with E-state index in [1.165, 1.54) is 11.1 Å². The first-order valence-corrected chi connectivity index (χ1v) is 19.8. The molecule has 8 rings (SSSR count). The van der Waals surface area contributed by atoms with Gasteiger partial charge in [0.15, 0.2) is 22.2 Å². The Morgan fingerprint density at radius 3 is 1.41 bits per heavy atom. The Balaban J connectivity index is 0.000000167. The van der Waals surface area contributed by atoms with Gasteiger partial charge in [0.1, 0.15) is 23.0 Å². The number of para-hydroxylation sites is 2. The fraction of sp³-hybridized carbons (Fsp3) is 0.238. The van der Waals surface area contributed by atoms with E-state index in [1.807, 2.05) is 71.4 Å². The maximum Gasteiger partial charge on any atom is 0.197 e. The van der Waals surface area contributed by atoms with Crippen molar-refractivity contribution in [1.29, 1.82) is 0 Å². The Kier molecular flexibility index (Phi) is 11.8. The van der Waals surface area contributed by atoms with Crippen LogP contribution in [0.2, 0.25) is 0 Å². The van der Waals surface area contributed by atoms with Crippen molar-refractivity contribution < 1.29 is 9.47 Å². The smallest absolute Gasteiger partial charge is 0.197 e. The highest BCUT2D eigenvalue weighted by molar-refractivity contribution is 7.14. The second kappa shape index (κ2) is 17.4. The van der Waals surface area contributed by atoms with E-state index in [0.29, 0.717) is 0 Å². The van der Waals surface area contributed by atoms with Crippen LogP contribution in [0.5, 0.6) is 23.0 Å². The summed E-state index contributed by atoms with van der Waals surface area (Å²) in [4.78, 5) is 18.3. The lowest BCUT2D eigenvalue weighted by atomic mass is 10.1. The number of hydrogen-bond donors (Lipinski definition) is 4. The molecule has 0 radical (unpaired) electrons. The van der Waals surface area contributed by atoms with Gasteiger partial charge in [0.05, 0.1) is 11.4 Å². The first-order valence-electron chi connectivity index (χ1n) is 18.1. The Bertz CT molecular complexity index is 2120. The standard InChI is InChI=1S/2C21H22N4OS/c2*1-14-8-9-18(15(2)12-14)26-19-7-4-3-6-16(19)17-13-27-21(24-17)25-20-22-10-5-11-23-20/h2*3-4,6-9,12-13H,5,10-11H2,1-2H3,(H2,22,23,24,25). The van der Waals surface area contributed by atoms with E-state index in [9.17, 15) is 0 Å². The number of rotatable bonds is 8. The number of nitrogens with zero attached hydrogens (tertiary/aromatic N) is 4. The van der Waals surface area contributed by atoms with Crippen LogP contribution in [0.25, 0.3) is 22.5 Å². The average Bonchev–Trinajstić information content (AvgIpc) is 3.85. The molecule has 4 heterocycles. The number of guanidine groups is 2. The third kappa shape index (κ3) is 9.44. The van der Waals surface area contributed by atoms with Crippen LogP contribution in [0.4, 0.5) is 10.3 Å². The number of benzene rings is 4. The number of aryl methyl sites for hydroxylation is 4. The summed E-state index contributed by atoms with van der Waals surface area (Å²) in [5.41, 5.74) is 8.41. The molecule has 0 saturated heterocycles. The normalized spacial score (nSPS) is 13.6. The van der Waals surface area contributed by atoms with E-state index in [1.54, 1.807) is 22.7 Å². The second-order valence-corrected chi connectivity index (χ2v) is 14.8. The SMILES string of the molecule is Cc1ccc(Oc2ccccc2-c2csc(NC3=NCCCN3)n2)c(C)c1.Cc1ccc(Oc2ccccc2-c2csc(NC3=NCCCN3)n2)c(C)c1. The van der Waals surface area contributed by atoms with Crippen molar-refractivity contribution in [2.75, 3.05) is 36.8 Å². The number of nitrogens with one attached hydrogen (secondary N) is 4. The molecule has 0 spiro atoms. The van der Waals surface area contributed by atoms with Gasteiger partial charge in [-0.05, 0) is 88.1 Å². The van der Waals surface area contributed by atoms with Crippen molar-refractivity contribution >= 4 is 44.9 Å². The quantitative estimate of drug-likeness (QED) is 0.121. The van der Waals surface area contributed by atoms with Crippen LogP contribution in [0, 0.1) is 27.7 Å². The zero-order valence-electron chi connectivity index (χ0n) is 30.9. The average molecular weight is 757 g/mol. The lowest BCUT2D eigenvalue weighted by Gasteiger charge is -2.14. The van der Waals surface area contributed by atoms with Gasteiger partial charge in [0, 0.05) is 48.1 Å². The molecular weight excluding hydrogens is 713 g/mol. The van der Waals surface area contributed by atoms with E-state index in [-0.39, 0.29) is 0 Å². The van der Waals surface area contributed by atoms with Crippen LogP contribution in [-0.4, -0.2) is 48.1 Å². The Labute approximate surface area is 324 Å². The molecule has 10 nitrogen and oxygen atoms in total. The lowest BCUT2D eigenvalue weighted by molar-refractivity contribution is 0.480. The molecule has 2 aliphatic heterocycles. The fourth-order valence-corrected chi connectivity index (χ4v) is 7.36. The minimum atomic E-state index is 0.793. The predicted octanol–water partition coefficient (Wildman–Crippen LogP) is 9.96. The Morgan fingerprint density at radius 1 is 0.556 bits per heavy atom. The Morgan fingerprint density at radius 2 is 1.00 bits per heavy atom. The third-order valence-corrected chi connectivity index (χ3v) is 10.2. The van der Waals surface area contributed by atoms with Crippen LogP contribution in [0.3, 0.4) is 0 Å². The highest BCUT2D eigenvalue weighted by Crippen LogP contribution is 2.37. The van der Waals surface area contributed by atoms with Gasteiger partial charge in [0.25, 0.3) is 0 Å². The van der Waals surface area contributed by atoms with Crippen LogP contribution in [-0.2, 0) is 0 Å². The zero-order chi connectivity index (χ0) is 37.3. The number of aliphatic imine (C=N–C) groups is 2. The van der Waals surface area contributed by atoms with Crippen molar-refractivity contribution in [2.45, 2.75) is 40.5 Å². The van der Waals surface area contributed by atoms with Crippen LogP contribution in [0.1, 0.15) is 35.1 Å². The first-order chi connectivity index (χ1) is 26.4. The first kappa shape index (κ1) is 36.6. The van der Waals surface area contributed by atoms with Crippen molar-refractivity contribution in [3.05, 3.63) is 118 Å². The maximum atomic E-state index is 6.22. The van der Waals surface area contributed by atoms with Crippen molar-refractivity contribution in [1.82, 2.24) is 20.6 Å². The zero-order valence-corrected chi connectivity index (χ0v) is 32.5. The second-order valence-electron chi connectivity index (χ2n) is 13.1. The highest BCUT2D eigenvalue weighted by Gasteiger charge is 2.15. The van der Waals surface area contributed by atoms with E-state index in [0.717, 1.165) is 118 Å². The van der Waals surface area contributed by atoms with Gasteiger partial charge in [-0.3, -0.25) is 9.98 Å². The summed E-state index contributed by atoms with van der Waals surface area (Å²) in [5, 5.41) is 18.7. The maximum absolute atomic E-state index is 6.22. The summed E-state index contributed by atoms with van der Waals surface area (Å²) in [7, 11) is 0. The number of ether oxygens (including phenoxy) is 2. The van der Waals surface area contributed by atoms with E-state index >= 15 is 0 Å². The van der Waals surface area contributed by atoms with Crippen molar-refractivity contribution in [3.63, 3.8) is 0 Å². The van der Waals surface area contributed by atoms with E-state index < -0.39 is 0 Å². The molecule has 54 heavy (non-hydrogen) atoms. The highest BCUT2D eigenvalue weighted by atomic mass is 32.1. The van der Waals surface area contributed by atoms with Gasteiger partial charge >= 0.3 is 0 Å². The van der Waals surface area contributed by atoms with Crippen molar-refractivity contribution in [3.8, 4) is 45.5 Å². The van der Waals surface area contributed by atoms with Crippen LogP contribution in [0.15, 0.2) is 106 Å². The summed E-state index contributed by atoms with van der Waals surface area (Å²) >= 11 is 3.12. The van der Waals surface area contributed by atoms with E-state index in [2.05, 4.69) is 83.2 Å². The molecule has 12 heteroatoms. The minimum Gasteiger partial charge on any atom is -0.456 e. The summed E-state index contributed by atoms with van der Waals surface area (Å²) in [5.74, 6) is 4.91. The van der Waals surface area contributed by atoms with Crippen molar-refractivity contribution in [2.24, 2.45) is 9.98 Å². The lowest BCUT2D eigenvalue weighted by Crippen LogP contribution is -2.35. The molecule has 0 atom stereocenters. The summed E-state index contributed by atoms with van der Waals surface area (Å²) in [6.45, 7) is 11.9. The largest absolute Gasteiger partial charge is 0.456 e. The van der Waals surface area contributed by atoms with Gasteiger partial charge in [-0.2, -0.15) is 0 Å². The number of hydrogen-bond acceptors (Lipinski definition) is 12. The predicted molar refractivity (Wildman–Crippen MR) is 224 cm³/mol. The van der Waals surface area contributed by atoms with Crippen LogP contribution >= 0.6 is 22.7 Å². The monoisotopic (exact) mass is 756 g/mol. The molecule has 0 aliphatic carbocycles. The van der Waals surface area contributed by atoms with Gasteiger partial charge in [-0.25, -0.2) is 9.97 Å². The molecule has 0 saturated carbocycles. The molecule has 4 aromatic carbocycles. The molecular formula is C42H44N8O2S2. The van der Waals surface area contributed by atoms with E-state index in [4.69, 9.17) is 19.4 Å². The molecule has 0 fully saturated rings. The van der Waals surface area contributed by atoms with Crippen LogP contribution < -0.4 is 30.7 Å². The van der Waals surface area contributed by atoms with Gasteiger partial charge in [0.2, 0.25) is 0 Å². The fourth-order valence-electron chi connectivity index (χ4n) is 5.94. The molecule has 2 aliphatic rings. The molecule has 0 unspecified atom stereocenters.